The van der Waals surface area contributed by atoms with E-state index >= 15 is 0 Å². The van der Waals surface area contributed by atoms with Crippen LogP contribution in [0.15, 0.2) is 36.5 Å². The molecule has 0 unspecified atom stereocenters. The van der Waals surface area contributed by atoms with Gasteiger partial charge >= 0.3 is 0 Å². The van der Waals surface area contributed by atoms with Gasteiger partial charge in [-0.1, -0.05) is 23.5 Å². The third-order valence-corrected chi connectivity index (χ3v) is 8.92. The molecule has 0 bridgehead atoms. The van der Waals surface area contributed by atoms with Crippen LogP contribution in [-0.2, 0) is 17.7 Å². The smallest absolute Gasteiger partial charge is 0.274 e. The summed E-state index contributed by atoms with van der Waals surface area (Å²) in [5.74, 6) is 0.756. The van der Waals surface area contributed by atoms with E-state index in [-0.39, 0.29) is 18.1 Å². The fourth-order valence-electron chi connectivity index (χ4n) is 5.74. The summed E-state index contributed by atoms with van der Waals surface area (Å²) in [4.78, 5) is 26.1. The Bertz CT molecular complexity index is 1200. The number of nitrogens with zero attached hydrogens (tertiary/aromatic N) is 3. The first-order valence-electron chi connectivity index (χ1n) is 13.3. The average molecular weight is 507 g/mol. The number of fused-ring (bicyclic) bond motifs is 2. The maximum Gasteiger partial charge on any atom is 0.274 e. The van der Waals surface area contributed by atoms with E-state index in [1.165, 1.54) is 29.8 Å². The summed E-state index contributed by atoms with van der Waals surface area (Å²) >= 11 is 1.72. The van der Waals surface area contributed by atoms with Crippen molar-refractivity contribution in [3.63, 3.8) is 0 Å². The summed E-state index contributed by atoms with van der Waals surface area (Å²) in [6.45, 7) is 4.63. The summed E-state index contributed by atoms with van der Waals surface area (Å²) in [5, 5.41) is 5.02. The van der Waals surface area contributed by atoms with E-state index in [2.05, 4.69) is 15.2 Å². The number of carbonyl (C=O) groups excluding carboxylic acids is 1. The van der Waals surface area contributed by atoms with Crippen molar-refractivity contribution in [3.05, 3.63) is 52.7 Å². The first-order valence-corrected chi connectivity index (χ1v) is 14.1. The van der Waals surface area contributed by atoms with E-state index in [1.54, 1.807) is 17.5 Å². The second-order valence-corrected chi connectivity index (χ2v) is 11.4. The van der Waals surface area contributed by atoms with Gasteiger partial charge in [-0.05, 0) is 69.2 Å². The lowest BCUT2D eigenvalue weighted by Crippen LogP contribution is -2.38. The molecule has 8 heteroatoms. The molecular formula is C28H34N4O3S. The number of nitrogens with one attached hydrogen (secondary N) is 1. The molecule has 0 radical (unpaired) electrons. The van der Waals surface area contributed by atoms with Crippen molar-refractivity contribution >= 4 is 28.1 Å². The number of ether oxygens (including phenoxy) is 2. The SMILES string of the molecule is O=C(NC1CCC(CCN2CCc3sc(O[C@@H]4CCOC4)nc3C2)CC1)c1cccc2ncccc12. The number of thiazole rings is 1. The van der Waals surface area contributed by atoms with Gasteiger partial charge in [-0.15, -0.1) is 0 Å². The zero-order valence-electron chi connectivity index (χ0n) is 20.7. The molecular weight excluding hydrogens is 472 g/mol. The number of hydrogen-bond donors (Lipinski definition) is 1. The van der Waals surface area contributed by atoms with Crippen LogP contribution in [0.25, 0.3) is 10.9 Å². The van der Waals surface area contributed by atoms with E-state index < -0.39 is 0 Å². The zero-order valence-corrected chi connectivity index (χ0v) is 21.5. The van der Waals surface area contributed by atoms with Gasteiger partial charge in [-0.2, -0.15) is 0 Å². The number of pyridine rings is 1. The van der Waals surface area contributed by atoms with Gasteiger partial charge in [-0.25, -0.2) is 4.98 Å². The molecule has 2 fully saturated rings. The Balaban J connectivity index is 0.952. The Morgan fingerprint density at radius 3 is 2.94 bits per heavy atom. The lowest BCUT2D eigenvalue weighted by Gasteiger charge is -2.32. The highest BCUT2D eigenvalue weighted by Crippen LogP contribution is 2.32. The molecule has 1 aliphatic carbocycles. The molecule has 1 saturated heterocycles. The fraction of sp³-hybridized carbons (Fsp3) is 0.536. The molecule has 1 amide bonds. The molecule has 7 nitrogen and oxygen atoms in total. The van der Waals surface area contributed by atoms with E-state index in [1.807, 2.05) is 30.3 Å². The van der Waals surface area contributed by atoms with E-state index in [0.29, 0.717) is 6.61 Å². The maximum atomic E-state index is 13.0. The van der Waals surface area contributed by atoms with Crippen LogP contribution in [0.2, 0.25) is 0 Å². The number of amides is 1. The van der Waals surface area contributed by atoms with Crippen LogP contribution in [0.3, 0.4) is 0 Å². The summed E-state index contributed by atoms with van der Waals surface area (Å²) < 4.78 is 11.5. The number of hydrogen-bond acceptors (Lipinski definition) is 7. The highest BCUT2D eigenvalue weighted by atomic mass is 32.1. The summed E-state index contributed by atoms with van der Waals surface area (Å²) in [6, 6.07) is 9.89. The van der Waals surface area contributed by atoms with Crippen molar-refractivity contribution in [1.29, 1.82) is 0 Å². The molecule has 1 atom stereocenters. The average Bonchev–Trinajstić information content (AvgIpc) is 3.57. The third kappa shape index (κ3) is 5.41. The van der Waals surface area contributed by atoms with Crippen LogP contribution in [0, 0.1) is 5.92 Å². The van der Waals surface area contributed by atoms with Crippen molar-refractivity contribution < 1.29 is 14.3 Å². The molecule has 6 rings (SSSR count). The Labute approximate surface area is 216 Å². The van der Waals surface area contributed by atoms with Gasteiger partial charge in [0, 0.05) is 47.6 Å². The van der Waals surface area contributed by atoms with E-state index in [0.717, 1.165) is 79.5 Å². The summed E-state index contributed by atoms with van der Waals surface area (Å²) in [5.41, 5.74) is 2.79. The predicted octanol–water partition coefficient (Wildman–Crippen LogP) is 4.60. The molecule has 2 aliphatic heterocycles. The molecule has 1 saturated carbocycles. The topological polar surface area (TPSA) is 76.6 Å². The van der Waals surface area contributed by atoms with Gasteiger partial charge in [0.1, 0.15) is 6.10 Å². The number of aromatic nitrogens is 2. The first kappa shape index (κ1) is 23.8. The lowest BCUT2D eigenvalue weighted by atomic mass is 9.84. The van der Waals surface area contributed by atoms with Gasteiger partial charge in [0.05, 0.1) is 24.4 Å². The van der Waals surface area contributed by atoms with Crippen LogP contribution in [0.5, 0.6) is 5.19 Å². The van der Waals surface area contributed by atoms with Crippen molar-refractivity contribution in [2.45, 2.75) is 63.6 Å². The molecule has 0 spiro atoms. The monoisotopic (exact) mass is 506 g/mol. The molecule has 4 heterocycles. The summed E-state index contributed by atoms with van der Waals surface area (Å²) in [7, 11) is 0. The highest BCUT2D eigenvalue weighted by molar-refractivity contribution is 7.13. The summed E-state index contributed by atoms with van der Waals surface area (Å²) in [6.07, 6.45) is 9.66. The van der Waals surface area contributed by atoms with Crippen LogP contribution in [0.1, 0.15) is 59.5 Å². The standard InChI is InChI=1S/C28H34N4O3S/c33-27(23-3-1-5-24-22(23)4-2-13-29-24)30-20-8-6-19(7-9-20)10-14-32-15-11-26-25(17-32)31-28(36-26)35-21-12-16-34-18-21/h1-5,13,19-21H,6-12,14-18H2,(H,30,33)/t19?,20?,21-/m1/s1. The number of rotatable bonds is 7. The van der Waals surface area contributed by atoms with Gasteiger partial charge in [0.2, 0.25) is 0 Å². The minimum atomic E-state index is 0.0215. The molecule has 1 N–H and O–H groups in total. The van der Waals surface area contributed by atoms with Crippen LogP contribution in [-0.4, -0.2) is 59.2 Å². The number of benzene rings is 1. The Hall–Kier alpha value is -2.55. The largest absolute Gasteiger partial charge is 0.464 e. The number of carbonyl (C=O) groups is 1. The minimum absolute atomic E-state index is 0.0215. The van der Waals surface area contributed by atoms with Crippen molar-refractivity contribution in [3.8, 4) is 5.19 Å². The molecule has 3 aliphatic rings. The third-order valence-electron chi connectivity index (χ3n) is 7.87. The van der Waals surface area contributed by atoms with Gasteiger partial charge < -0.3 is 14.8 Å². The van der Waals surface area contributed by atoms with Crippen LogP contribution >= 0.6 is 11.3 Å². The Kier molecular flexibility index (Phi) is 7.16. The van der Waals surface area contributed by atoms with Gasteiger partial charge in [0.25, 0.3) is 11.1 Å². The highest BCUT2D eigenvalue weighted by Gasteiger charge is 2.27. The van der Waals surface area contributed by atoms with E-state index in [4.69, 9.17) is 14.5 Å². The second kappa shape index (κ2) is 10.8. The normalized spacial score (nSPS) is 24.5. The van der Waals surface area contributed by atoms with Crippen molar-refractivity contribution in [1.82, 2.24) is 20.2 Å². The van der Waals surface area contributed by atoms with Gasteiger partial charge in [-0.3, -0.25) is 14.7 Å². The molecule has 190 valence electrons. The Morgan fingerprint density at radius 1 is 1.17 bits per heavy atom. The molecule has 2 aromatic heterocycles. The van der Waals surface area contributed by atoms with Crippen molar-refractivity contribution in [2.75, 3.05) is 26.3 Å². The maximum absolute atomic E-state index is 13.0. The van der Waals surface area contributed by atoms with Gasteiger partial charge in [0.15, 0.2) is 0 Å². The first-order chi connectivity index (χ1) is 17.7. The fourth-order valence-corrected chi connectivity index (χ4v) is 6.72. The Morgan fingerprint density at radius 2 is 2.08 bits per heavy atom. The second-order valence-electron chi connectivity index (χ2n) is 10.3. The quantitative estimate of drug-likeness (QED) is 0.505. The molecule has 1 aromatic carbocycles. The van der Waals surface area contributed by atoms with E-state index in [9.17, 15) is 4.79 Å². The zero-order chi connectivity index (χ0) is 24.3. The minimum Gasteiger partial charge on any atom is -0.464 e. The van der Waals surface area contributed by atoms with Crippen LogP contribution in [0.4, 0.5) is 0 Å². The lowest BCUT2D eigenvalue weighted by molar-refractivity contribution is 0.0921. The van der Waals surface area contributed by atoms with Crippen molar-refractivity contribution in [2.24, 2.45) is 5.92 Å². The molecule has 3 aromatic rings. The predicted molar refractivity (Wildman–Crippen MR) is 141 cm³/mol. The molecule has 36 heavy (non-hydrogen) atoms. The van der Waals surface area contributed by atoms with Crippen LogP contribution < -0.4 is 10.1 Å².